The maximum absolute atomic E-state index is 13.5. The average molecular weight is 435 g/mol. The van der Waals surface area contributed by atoms with Crippen LogP contribution in [0.1, 0.15) is 49.3 Å². The van der Waals surface area contributed by atoms with Crippen molar-refractivity contribution in [3.8, 4) is 0 Å². The van der Waals surface area contributed by atoms with Gasteiger partial charge < -0.3 is 10.2 Å². The summed E-state index contributed by atoms with van der Waals surface area (Å²) in [5, 5.41) is 2.99. The van der Waals surface area contributed by atoms with Gasteiger partial charge in [0.15, 0.2) is 0 Å². The van der Waals surface area contributed by atoms with Crippen LogP contribution in [0.3, 0.4) is 0 Å². The van der Waals surface area contributed by atoms with Crippen molar-refractivity contribution in [2.45, 2.75) is 51.6 Å². The van der Waals surface area contributed by atoms with E-state index in [4.69, 9.17) is 0 Å². The Balaban J connectivity index is 1.49. The fourth-order valence-electron chi connectivity index (χ4n) is 4.90. The van der Waals surface area contributed by atoms with Crippen LogP contribution in [0.15, 0.2) is 48.5 Å². The maximum atomic E-state index is 13.5. The third-order valence-corrected chi connectivity index (χ3v) is 6.76. The van der Waals surface area contributed by atoms with Crippen LogP contribution in [0, 0.1) is 6.92 Å². The highest BCUT2D eigenvalue weighted by molar-refractivity contribution is 6.07. The van der Waals surface area contributed by atoms with E-state index in [0.29, 0.717) is 13.0 Å². The molecule has 2 saturated heterocycles. The SMILES string of the molecule is CCC1(c2ccc(C)cc2)NC(=O)N(CN(C)Cc2ccccc2N2CCCCC2)C1=O. The van der Waals surface area contributed by atoms with Gasteiger partial charge >= 0.3 is 6.03 Å². The monoisotopic (exact) mass is 434 g/mol. The number of amides is 3. The molecule has 0 aromatic heterocycles. The van der Waals surface area contributed by atoms with E-state index >= 15 is 0 Å². The van der Waals surface area contributed by atoms with Crippen LogP contribution in [0.2, 0.25) is 0 Å². The van der Waals surface area contributed by atoms with Gasteiger partial charge in [-0.2, -0.15) is 0 Å². The number of hydrogen-bond donors (Lipinski definition) is 1. The third-order valence-electron chi connectivity index (χ3n) is 6.76. The van der Waals surface area contributed by atoms with Crippen LogP contribution in [0.5, 0.6) is 0 Å². The Bertz CT molecular complexity index is 968. The van der Waals surface area contributed by atoms with Gasteiger partial charge in [0.1, 0.15) is 5.54 Å². The van der Waals surface area contributed by atoms with Crippen LogP contribution < -0.4 is 10.2 Å². The Morgan fingerprint density at radius 3 is 2.38 bits per heavy atom. The largest absolute Gasteiger partial charge is 0.371 e. The van der Waals surface area contributed by atoms with E-state index in [1.807, 2.05) is 50.1 Å². The lowest BCUT2D eigenvalue weighted by atomic mass is 9.87. The number of hydrogen-bond acceptors (Lipinski definition) is 4. The van der Waals surface area contributed by atoms with Crippen molar-refractivity contribution >= 4 is 17.6 Å². The molecular formula is C26H34N4O2. The molecule has 0 bridgehead atoms. The first-order chi connectivity index (χ1) is 15.4. The van der Waals surface area contributed by atoms with Crippen molar-refractivity contribution < 1.29 is 9.59 Å². The van der Waals surface area contributed by atoms with Crippen LogP contribution in [-0.2, 0) is 16.9 Å². The van der Waals surface area contributed by atoms with Gasteiger partial charge in [-0.1, -0.05) is 55.0 Å². The van der Waals surface area contributed by atoms with Crippen LogP contribution >= 0.6 is 0 Å². The highest BCUT2D eigenvalue weighted by Crippen LogP contribution is 2.33. The Morgan fingerprint density at radius 2 is 1.69 bits per heavy atom. The summed E-state index contributed by atoms with van der Waals surface area (Å²) in [5.41, 5.74) is 3.46. The van der Waals surface area contributed by atoms with Gasteiger partial charge in [0, 0.05) is 25.3 Å². The van der Waals surface area contributed by atoms with Gasteiger partial charge in [-0.15, -0.1) is 0 Å². The second kappa shape index (κ2) is 9.33. The van der Waals surface area contributed by atoms with E-state index in [0.717, 1.165) is 24.2 Å². The number of aryl methyl sites for hydroxylation is 1. The number of nitrogens with one attached hydrogen (secondary N) is 1. The summed E-state index contributed by atoms with van der Waals surface area (Å²) >= 11 is 0. The van der Waals surface area contributed by atoms with Crippen LogP contribution in [0.25, 0.3) is 0 Å². The van der Waals surface area contributed by atoms with Crippen molar-refractivity contribution in [3.05, 3.63) is 65.2 Å². The summed E-state index contributed by atoms with van der Waals surface area (Å²) in [6, 6.07) is 16.0. The fraction of sp³-hybridized carbons (Fsp3) is 0.462. The van der Waals surface area contributed by atoms with E-state index in [-0.39, 0.29) is 18.6 Å². The normalized spacial score (nSPS) is 21.4. The minimum atomic E-state index is -0.989. The van der Waals surface area contributed by atoms with E-state index in [1.165, 1.54) is 35.4 Å². The Labute approximate surface area is 191 Å². The standard InChI is InChI=1S/C26H34N4O2/c1-4-26(22-14-12-20(2)13-15-22)24(31)30(25(32)27-26)19-28(3)18-21-10-6-7-11-23(21)29-16-8-5-9-17-29/h6-7,10-15H,4-5,8-9,16-19H2,1-3H3,(H,27,32). The van der Waals surface area contributed by atoms with E-state index in [1.54, 1.807) is 0 Å². The molecule has 6 heteroatoms. The molecule has 0 saturated carbocycles. The zero-order chi connectivity index (χ0) is 22.7. The smallest absolute Gasteiger partial charge is 0.326 e. The first-order valence-corrected chi connectivity index (χ1v) is 11.7. The van der Waals surface area contributed by atoms with E-state index in [2.05, 4.69) is 34.5 Å². The zero-order valence-corrected chi connectivity index (χ0v) is 19.4. The first-order valence-electron chi connectivity index (χ1n) is 11.7. The Hall–Kier alpha value is -2.86. The Morgan fingerprint density at radius 1 is 1.00 bits per heavy atom. The number of carbonyl (C=O) groups excluding carboxylic acids is 2. The van der Waals surface area contributed by atoms with Gasteiger partial charge in [-0.05, 0) is 56.8 Å². The van der Waals surface area contributed by atoms with Gasteiger partial charge in [-0.3, -0.25) is 9.69 Å². The molecule has 32 heavy (non-hydrogen) atoms. The number of nitrogens with zero attached hydrogens (tertiary/aromatic N) is 3. The zero-order valence-electron chi connectivity index (χ0n) is 19.4. The number of para-hydroxylation sites is 1. The molecule has 0 radical (unpaired) electrons. The summed E-state index contributed by atoms with van der Waals surface area (Å²) in [7, 11) is 1.96. The summed E-state index contributed by atoms with van der Waals surface area (Å²) in [4.78, 5) is 32.2. The molecule has 1 unspecified atom stereocenters. The number of anilines is 1. The molecule has 2 fully saturated rings. The second-order valence-electron chi connectivity index (χ2n) is 9.12. The molecule has 1 N–H and O–H groups in total. The predicted molar refractivity (Wildman–Crippen MR) is 127 cm³/mol. The highest BCUT2D eigenvalue weighted by Gasteiger charge is 2.51. The molecule has 4 rings (SSSR count). The molecule has 0 aliphatic carbocycles. The highest BCUT2D eigenvalue weighted by atomic mass is 16.2. The second-order valence-corrected chi connectivity index (χ2v) is 9.12. The van der Waals surface area contributed by atoms with Crippen LogP contribution in [-0.4, -0.2) is 48.5 Å². The van der Waals surface area contributed by atoms with Crippen LogP contribution in [0.4, 0.5) is 10.5 Å². The molecule has 0 spiro atoms. The molecule has 2 aliphatic rings. The van der Waals surface area contributed by atoms with Crippen molar-refractivity contribution in [3.63, 3.8) is 0 Å². The summed E-state index contributed by atoms with van der Waals surface area (Å²) in [6.07, 6.45) is 4.26. The molecule has 170 valence electrons. The van der Waals surface area contributed by atoms with Crippen molar-refractivity contribution in [2.24, 2.45) is 0 Å². The number of imide groups is 1. The van der Waals surface area contributed by atoms with E-state index < -0.39 is 5.54 Å². The minimum absolute atomic E-state index is 0.176. The molecule has 2 aliphatic heterocycles. The molecule has 6 nitrogen and oxygen atoms in total. The van der Waals surface area contributed by atoms with Crippen molar-refractivity contribution in [1.82, 2.24) is 15.1 Å². The topological polar surface area (TPSA) is 55.9 Å². The first kappa shape index (κ1) is 22.3. The van der Waals surface area contributed by atoms with E-state index in [9.17, 15) is 9.59 Å². The van der Waals surface area contributed by atoms with Gasteiger partial charge in [-0.25, -0.2) is 9.69 Å². The van der Waals surface area contributed by atoms with Crippen molar-refractivity contribution in [1.29, 1.82) is 0 Å². The number of carbonyl (C=O) groups is 2. The number of urea groups is 1. The lowest BCUT2D eigenvalue weighted by Crippen LogP contribution is -2.44. The fourth-order valence-corrected chi connectivity index (χ4v) is 4.90. The maximum Gasteiger partial charge on any atom is 0.326 e. The summed E-state index contributed by atoms with van der Waals surface area (Å²) in [6.45, 7) is 7.06. The predicted octanol–water partition coefficient (Wildman–Crippen LogP) is 4.23. The molecular weight excluding hydrogens is 400 g/mol. The lowest BCUT2D eigenvalue weighted by molar-refractivity contribution is -0.133. The third kappa shape index (κ3) is 4.24. The number of rotatable bonds is 7. The van der Waals surface area contributed by atoms with Gasteiger partial charge in [0.25, 0.3) is 5.91 Å². The quantitative estimate of drug-likeness (QED) is 0.663. The average Bonchev–Trinajstić information content (AvgIpc) is 3.05. The molecule has 1 atom stereocenters. The molecule has 2 aromatic carbocycles. The minimum Gasteiger partial charge on any atom is -0.371 e. The number of piperidine rings is 1. The molecule has 2 aromatic rings. The van der Waals surface area contributed by atoms with Gasteiger partial charge in [0.05, 0.1) is 6.67 Å². The Kier molecular flexibility index (Phi) is 6.51. The molecule has 3 amide bonds. The molecule has 2 heterocycles. The lowest BCUT2D eigenvalue weighted by Gasteiger charge is -2.32. The van der Waals surface area contributed by atoms with Crippen molar-refractivity contribution in [2.75, 3.05) is 31.7 Å². The summed E-state index contributed by atoms with van der Waals surface area (Å²) < 4.78 is 0. The van der Waals surface area contributed by atoms with Gasteiger partial charge in [0.2, 0.25) is 0 Å². The summed E-state index contributed by atoms with van der Waals surface area (Å²) in [5.74, 6) is -0.176. The number of benzene rings is 2.